The minimum Gasteiger partial charge on any atom is -0.354 e. The largest absolute Gasteiger partial charge is 0.354 e. The number of imide groups is 1. The van der Waals surface area contributed by atoms with Gasteiger partial charge in [0, 0.05) is 6.54 Å². The van der Waals surface area contributed by atoms with Gasteiger partial charge in [-0.3, -0.25) is 14.5 Å². The van der Waals surface area contributed by atoms with Crippen LogP contribution >= 0.6 is 0 Å². The van der Waals surface area contributed by atoms with Crippen LogP contribution in [0.15, 0.2) is 29.2 Å². The van der Waals surface area contributed by atoms with Crippen molar-refractivity contribution in [1.29, 1.82) is 0 Å². The van der Waals surface area contributed by atoms with Gasteiger partial charge in [0.25, 0.3) is 5.91 Å². The first-order valence-electron chi connectivity index (χ1n) is 9.66. The summed E-state index contributed by atoms with van der Waals surface area (Å²) >= 11 is 0. The lowest BCUT2D eigenvalue weighted by molar-refractivity contribution is -0.137. The Kier molecular flexibility index (Phi) is 5.95. The Balaban J connectivity index is 1.52. The van der Waals surface area contributed by atoms with E-state index in [0.29, 0.717) is 19.4 Å². The highest BCUT2D eigenvalue weighted by molar-refractivity contribution is 7.89. The molecule has 4 N–H and O–H groups in total. The number of sulfonamides is 1. The monoisotopic (exact) mass is 422 g/mol. The molecule has 158 valence electrons. The maximum absolute atomic E-state index is 12.9. The number of benzene rings is 1. The minimum absolute atomic E-state index is 0.0229. The van der Waals surface area contributed by atoms with Crippen LogP contribution in [0.2, 0.25) is 0 Å². The van der Waals surface area contributed by atoms with Crippen molar-refractivity contribution in [2.45, 2.75) is 49.5 Å². The molecule has 0 radical (unpaired) electrons. The van der Waals surface area contributed by atoms with E-state index in [1.54, 1.807) is 12.1 Å². The van der Waals surface area contributed by atoms with Gasteiger partial charge in [0.15, 0.2) is 0 Å². The SMILES string of the molecule is C[C@@H]1CCCC[C@@]12NC(=O)N(CC(=O)NCCc1ccc(S(N)(=O)=O)cc1)C2=O. The third-order valence-electron chi connectivity index (χ3n) is 5.79. The van der Waals surface area contributed by atoms with E-state index < -0.39 is 27.5 Å². The third kappa shape index (κ3) is 4.43. The summed E-state index contributed by atoms with van der Waals surface area (Å²) in [6.45, 7) is 1.93. The summed E-state index contributed by atoms with van der Waals surface area (Å²) in [4.78, 5) is 38.4. The van der Waals surface area contributed by atoms with E-state index in [1.165, 1.54) is 12.1 Å². The van der Waals surface area contributed by atoms with Crippen molar-refractivity contribution in [3.05, 3.63) is 29.8 Å². The van der Waals surface area contributed by atoms with Crippen molar-refractivity contribution in [2.24, 2.45) is 11.1 Å². The van der Waals surface area contributed by atoms with Crippen molar-refractivity contribution < 1.29 is 22.8 Å². The summed E-state index contributed by atoms with van der Waals surface area (Å²) in [5.41, 5.74) is -0.0524. The molecule has 9 nitrogen and oxygen atoms in total. The fraction of sp³-hybridized carbons (Fsp3) is 0.526. The van der Waals surface area contributed by atoms with Crippen molar-refractivity contribution >= 4 is 27.9 Å². The number of carbonyl (C=O) groups is 3. The van der Waals surface area contributed by atoms with Gasteiger partial charge in [-0.05, 0) is 42.9 Å². The highest BCUT2D eigenvalue weighted by atomic mass is 32.2. The maximum Gasteiger partial charge on any atom is 0.325 e. The first kappa shape index (κ1) is 21.3. The summed E-state index contributed by atoms with van der Waals surface area (Å²) in [6, 6.07) is 5.54. The Bertz CT molecular complexity index is 915. The van der Waals surface area contributed by atoms with E-state index in [-0.39, 0.29) is 23.3 Å². The predicted molar refractivity (Wildman–Crippen MR) is 105 cm³/mol. The zero-order chi connectivity index (χ0) is 21.2. The normalized spacial score (nSPS) is 24.6. The number of nitrogens with two attached hydrogens (primary N) is 1. The fourth-order valence-corrected chi connectivity index (χ4v) is 4.55. The molecular weight excluding hydrogens is 396 g/mol. The zero-order valence-corrected chi connectivity index (χ0v) is 17.1. The minimum atomic E-state index is -3.74. The van der Waals surface area contributed by atoms with Gasteiger partial charge in [-0.15, -0.1) is 0 Å². The number of nitrogens with one attached hydrogen (secondary N) is 2. The topological polar surface area (TPSA) is 139 Å². The number of carbonyl (C=O) groups excluding carboxylic acids is 3. The van der Waals surface area contributed by atoms with Crippen molar-refractivity contribution in [2.75, 3.05) is 13.1 Å². The lowest BCUT2D eigenvalue weighted by Crippen LogP contribution is -2.54. The Morgan fingerprint density at radius 2 is 1.97 bits per heavy atom. The predicted octanol–water partition coefficient (Wildman–Crippen LogP) is 0.493. The lowest BCUT2D eigenvalue weighted by atomic mass is 9.73. The molecule has 1 aromatic carbocycles. The van der Waals surface area contributed by atoms with Gasteiger partial charge in [-0.1, -0.05) is 31.9 Å². The molecule has 0 bridgehead atoms. The number of hydrogen-bond acceptors (Lipinski definition) is 5. The number of rotatable bonds is 6. The van der Waals surface area contributed by atoms with E-state index in [9.17, 15) is 22.8 Å². The summed E-state index contributed by atoms with van der Waals surface area (Å²) in [6.07, 6.45) is 3.85. The molecule has 1 saturated carbocycles. The average Bonchev–Trinajstić information content (AvgIpc) is 2.89. The molecule has 3 rings (SSSR count). The molecule has 2 aliphatic rings. The van der Waals surface area contributed by atoms with Crippen LogP contribution in [0.3, 0.4) is 0 Å². The fourth-order valence-electron chi connectivity index (χ4n) is 4.03. The third-order valence-corrected chi connectivity index (χ3v) is 6.72. The lowest BCUT2D eigenvalue weighted by Gasteiger charge is -2.36. The Morgan fingerprint density at radius 1 is 1.28 bits per heavy atom. The van der Waals surface area contributed by atoms with E-state index in [1.807, 2.05) is 6.92 Å². The molecule has 0 aromatic heterocycles. The summed E-state index contributed by atoms with van der Waals surface area (Å²) < 4.78 is 22.5. The van der Waals surface area contributed by atoms with Crippen molar-refractivity contribution in [1.82, 2.24) is 15.5 Å². The molecule has 1 heterocycles. The van der Waals surface area contributed by atoms with Gasteiger partial charge in [-0.25, -0.2) is 18.4 Å². The molecule has 2 fully saturated rings. The van der Waals surface area contributed by atoms with E-state index in [2.05, 4.69) is 10.6 Å². The molecule has 1 aromatic rings. The Hall–Kier alpha value is -2.46. The van der Waals surface area contributed by atoms with Crippen molar-refractivity contribution in [3.63, 3.8) is 0 Å². The first-order chi connectivity index (χ1) is 13.6. The number of nitrogens with zero attached hydrogens (tertiary/aromatic N) is 1. The van der Waals surface area contributed by atoms with E-state index in [4.69, 9.17) is 5.14 Å². The quantitative estimate of drug-likeness (QED) is 0.573. The average molecular weight is 423 g/mol. The molecule has 1 aliphatic carbocycles. The molecular formula is C19H26N4O5S. The number of hydrogen-bond donors (Lipinski definition) is 3. The van der Waals surface area contributed by atoms with Crippen LogP contribution in [0.1, 0.15) is 38.2 Å². The molecule has 4 amide bonds. The highest BCUT2D eigenvalue weighted by Gasteiger charge is 2.55. The van der Waals surface area contributed by atoms with Gasteiger partial charge in [0.05, 0.1) is 4.90 Å². The van der Waals surface area contributed by atoms with Gasteiger partial charge in [0.2, 0.25) is 15.9 Å². The first-order valence-corrected chi connectivity index (χ1v) is 11.2. The van der Waals surface area contributed by atoms with E-state index in [0.717, 1.165) is 29.7 Å². The maximum atomic E-state index is 12.9. The van der Waals surface area contributed by atoms with Crippen LogP contribution in [0.4, 0.5) is 4.79 Å². The van der Waals surface area contributed by atoms with Gasteiger partial charge < -0.3 is 10.6 Å². The van der Waals surface area contributed by atoms with Gasteiger partial charge in [-0.2, -0.15) is 0 Å². The van der Waals surface area contributed by atoms with Crippen LogP contribution in [0.5, 0.6) is 0 Å². The summed E-state index contributed by atoms with van der Waals surface area (Å²) in [7, 11) is -3.74. The number of amides is 4. The van der Waals surface area contributed by atoms with Crippen LogP contribution < -0.4 is 15.8 Å². The van der Waals surface area contributed by atoms with Crippen LogP contribution in [0.25, 0.3) is 0 Å². The number of urea groups is 1. The van der Waals surface area contributed by atoms with Crippen molar-refractivity contribution in [3.8, 4) is 0 Å². The molecule has 10 heteroatoms. The molecule has 29 heavy (non-hydrogen) atoms. The summed E-state index contributed by atoms with van der Waals surface area (Å²) in [5.74, 6) is -0.695. The molecule has 1 saturated heterocycles. The Morgan fingerprint density at radius 3 is 2.59 bits per heavy atom. The van der Waals surface area contributed by atoms with Crippen LogP contribution in [-0.4, -0.2) is 49.8 Å². The second-order valence-corrected chi connectivity index (χ2v) is 9.29. The zero-order valence-electron chi connectivity index (χ0n) is 16.3. The highest BCUT2D eigenvalue weighted by Crippen LogP contribution is 2.38. The molecule has 2 atom stereocenters. The van der Waals surface area contributed by atoms with E-state index >= 15 is 0 Å². The number of primary sulfonamides is 1. The molecule has 0 unspecified atom stereocenters. The van der Waals surface area contributed by atoms with Crippen LogP contribution in [0, 0.1) is 5.92 Å². The van der Waals surface area contributed by atoms with Gasteiger partial charge >= 0.3 is 6.03 Å². The second kappa shape index (κ2) is 8.11. The second-order valence-electron chi connectivity index (χ2n) is 7.73. The standard InChI is InChI=1S/C19H26N4O5S/c1-13-4-2-3-10-19(13)17(25)23(18(26)22-19)12-16(24)21-11-9-14-5-7-15(8-6-14)29(20,27)28/h5-8,13H,2-4,9-12H2,1H3,(H,21,24)(H,22,26)(H2,20,27,28)/t13-,19-/m1/s1. The van der Waals surface area contributed by atoms with Crippen LogP contribution in [-0.2, 0) is 26.0 Å². The smallest absolute Gasteiger partial charge is 0.325 e. The Labute approximate surface area is 170 Å². The van der Waals surface area contributed by atoms with Gasteiger partial charge in [0.1, 0.15) is 12.1 Å². The summed E-state index contributed by atoms with van der Waals surface area (Å²) in [5, 5.41) is 10.6. The molecule has 1 aliphatic heterocycles. The molecule has 1 spiro atoms.